The molecule has 0 aromatic rings. The van der Waals surface area contributed by atoms with Crippen molar-refractivity contribution in [3.8, 4) is 0 Å². The van der Waals surface area contributed by atoms with Gasteiger partial charge in [-0.15, -0.1) is 0 Å². The zero-order valence-electron chi connectivity index (χ0n) is 60.5. The van der Waals surface area contributed by atoms with Crippen LogP contribution in [0.25, 0.3) is 0 Å². The molecule has 2 amide bonds. The van der Waals surface area contributed by atoms with E-state index in [-0.39, 0.29) is 176 Å². The monoisotopic (exact) mass is 1410 g/mol. The molecule has 94 heavy (non-hydrogen) atoms. The van der Waals surface area contributed by atoms with E-state index >= 15 is 0 Å². The van der Waals surface area contributed by atoms with E-state index in [1.54, 1.807) is 7.11 Å². The average molecular weight is 1420 g/mol. The SMILES string of the molecule is CCCCCC/C=C\CCCCCCCCCC(=O)N[C@H]1[C@H](OCC[C@H]2O[C@H](OP(=O)([O-])[O-])[C@H](NC(=O)CC(=O)CCCCCCCCCCC)[C@@H](OCCCCCCCCCC)[C@@H]2O)O[C@H](COC)[C@@H](OP(=O)([O-])[O-])[C@@H]1OCC[C@@H](CCCCCCC)OC.[Na+].[Na+].[Na+].[Na+]. The fourth-order valence-electron chi connectivity index (χ4n) is 11.9. The third-order valence-corrected chi connectivity index (χ3v) is 18.0. The van der Waals surface area contributed by atoms with E-state index in [0.29, 0.717) is 25.7 Å². The molecule has 2 aliphatic heterocycles. The minimum Gasteiger partial charge on any atom is -0.790 e. The Morgan fingerprint density at radius 1 is 0.479 bits per heavy atom. The van der Waals surface area contributed by atoms with Crippen LogP contribution in [-0.4, -0.2) is 131 Å². The predicted octanol–water partition coefficient (Wildman–Crippen LogP) is -0.511. The first-order valence-corrected chi connectivity index (χ1v) is 38.4. The third kappa shape index (κ3) is 50.6. The van der Waals surface area contributed by atoms with Crippen LogP contribution in [0.1, 0.15) is 291 Å². The quantitative estimate of drug-likeness (QED) is 0.0227. The van der Waals surface area contributed by atoms with Crippen LogP contribution in [0.3, 0.4) is 0 Å². The first kappa shape index (κ1) is 100. The summed E-state index contributed by atoms with van der Waals surface area (Å²) in [6.45, 7) is 8.10. The van der Waals surface area contributed by atoms with Crippen molar-refractivity contribution < 1.29 is 209 Å². The van der Waals surface area contributed by atoms with E-state index in [1.807, 2.05) is 0 Å². The number of hydrogen-bond acceptors (Lipinski definition) is 19. The number of Topliss-reactive ketones (excluding diaryl/α,β-unsaturated/α-hetero) is 1. The summed E-state index contributed by atoms with van der Waals surface area (Å²) < 4.78 is 77.9. The average Bonchev–Trinajstić information content (AvgIpc) is 0.798. The molecule has 2 aliphatic rings. The van der Waals surface area contributed by atoms with Crippen LogP contribution in [0.4, 0.5) is 0 Å². The summed E-state index contributed by atoms with van der Waals surface area (Å²) >= 11 is 0. The van der Waals surface area contributed by atoms with E-state index in [9.17, 15) is 48.2 Å². The zero-order chi connectivity index (χ0) is 66.1. The summed E-state index contributed by atoms with van der Waals surface area (Å²) in [5, 5.41) is 17.7. The molecule has 0 spiro atoms. The molecule has 0 aliphatic carbocycles. The summed E-state index contributed by atoms with van der Waals surface area (Å²) in [7, 11) is -8.65. The van der Waals surface area contributed by atoms with Gasteiger partial charge in [0.15, 0.2) is 12.6 Å². The Morgan fingerprint density at radius 3 is 1.43 bits per heavy atom. The second-order valence-corrected chi connectivity index (χ2v) is 27.3. The van der Waals surface area contributed by atoms with Gasteiger partial charge in [0.25, 0.3) is 0 Å². The summed E-state index contributed by atoms with van der Waals surface area (Å²) in [5.41, 5.74) is 0. The van der Waals surface area contributed by atoms with Crippen molar-refractivity contribution in [2.45, 2.75) is 358 Å². The summed E-state index contributed by atoms with van der Waals surface area (Å²) in [6, 6.07) is -2.85. The molecule has 27 heteroatoms. The molecule has 2 heterocycles. The third-order valence-electron chi connectivity index (χ3n) is 17.1. The van der Waals surface area contributed by atoms with Gasteiger partial charge < -0.3 is 86.6 Å². The second kappa shape index (κ2) is 64.8. The molecule has 2 fully saturated rings. The topological polar surface area (TPSA) is 305 Å². The van der Waals surface area contributed by atoms with Gasteiger partial charge in [-0.1, -0.05) is 220 Å². The number of hydrogen-bond donors (Lipinski definition) is 3. The number of ether oxygens (including phenoxy) is 7. The predicted molar refractivity (Wildman–Crippen MR) is 343 cm³/mol. The number of allylic oxidation sites excluding steroid dienone is 2. The van der Waals surface area contributed by atoms with E-state index in [2.05, 4.69) is 50.5 Å². The van der Waals surface area contributed by atoms with Gasteiger partial charge in [0.2, 0.25) is 11.8 Å². The fraction of sp³-hybridized carbons (Fsp3) is 0.925. The van der Waals surface area contributed by atoms with Crippen molar-refractivity contribution in [3.05, 3.63) is 12.2 Å². The number of carbonyl (C=O) groups is 3. The molecule has 0 radical (unpaired) electrons. The Labute approximate surface area is 656 Å². The van der Waals surface area contributed by atoms with Crippen molar-refractivity contribution in [2.75, 3.05) is 40.6 Å². The molecule has 2 saturated heterocycles. The van der Waals surface area contributed by atoms with Gasteiger partial charge in [-0.05, 0) is 64.2 Å². The van der Waals surface area contributed by atoms with Crippen molar-refractivity contribution >= 4 is 33.2 Å². The smallest absolute Gasteiger partial charge is 0.790 e. The van der Waals surface area contributed by atoms with E-state index in [0.717, 1.165) is 161 Å². The van der Waals surface area contributed by atoms with E-state index in [4.69, 9.17) is 42.2 Å². The minimum atomic E-state index is -5.85. The van der Waals surface area contributed by atoms with Crippen LogP contribution in [0.5, 0.6) is 0 Å². The number of methoxy groups -OCH3 is 2. The Hall–Kier alpha value is 2.25. The van der Waals surface area contributed by atoms with Crippen molar-refractivity contribution in [1.29, 1.82) is 0 Å². The van der Waals surface area contributed by atoms with Gasteiger partial charge in [-0.3, -0.25) is 14.4 Å². The fourth-order valence-corrected chi connectivity index (χ4v) is 12.9. The molecule has 0 aromatic carbocycles. The van der Waals surface area contributed by atoms with E-state index in [1.165, 1.54) is 58.5 Å². The van der Waals surface area contributed by atoms with Gasteiger partial charge >= 0.3 is 118 Å². The molecule has 0 bridgehead atoms. The zero-order valence-corrected chi connectivity index (χ0v) is 70.3. The maximum absolute atomic E-state index is 14.0. The van der Waals surface area contributed by atoms with Gasteiger partial charge in [0.05, 0.1) is 47.5 Å². The first-order valence-electron chi connectivity index (χ1n) is 35.4. The van der Waals surface area contributed by atoms with Gasteiger partial charge in [-0.25, -0.2) is 0 Å². The number of amides is 2. The molecule has 21 nitrogen and oxygen atoms in total. The number of phosphoric ester groups is 2. The van der Waals surface area contributed by atoms with Crippen LogP contribution < -0.4 is 148 Å². The summed E-state index contributed by atoms with van der Waals surface area (Å²) in [6.07, 6.45) is 29.2. The number of carbonyl (C=O) groups excluding carboxylic acids is 3. The second-order valence-electron chi connectivity index (χ2n) is 25.1. The molecular weight excluding hydrogens is 1290 g/mol. The number of aliphatic hydroxyl groups excluding tert-OH is 1. The largest absolute Gasteiger partial charge is 1.00 e. The number of unbranched alkanes of at least 4 members (excludes halogenated alkanes) is 30. The first-order chi connectivity index (χ1) is 43.4. The van der Waals surface area contributed by atoms with Gasteiger partial charge in [-0.2, -0.15) is 0 Å². The normalized spacial score (nSPS) is 21.8. The molecule has 0 saturated carbocycles. The standard InChI is InChI=1S/C67H128N2O19P2.4Na/c1-7-11-15-19-22-25-26-27-28-29-30-32-34-38-42-46-58(71)68-61-65(83-50-47-55(81-6)45-41-36-18-14-10-4)63(87-89(74,75)76)57(53-80-5)86-66(61)84-51-48-56-62(73)64(82-49-43-39-35-24-21-17-13-9-3)60(67(85-56)88-90(77,78)79)69-59(72)52-54(70)44-40-37-33-31-23-20-16-12-8-2;;;;/h25-26,55-57,60-67,73H,7-24,27-53H2,1-6H3,(H,68,71)(H,69,72)(H2,74,75,76)(H2,77,78,79);;;;/q;4*+1/p-4/b26-25-;;;;/t55-,56-,57-,60-,61-,62-,63-,64-,65-,66-,67-;;;;/m1..../s1. The van der Waals surface area contributed by atoms with Crippen LogP contribution >= 0.6 is 15.6 Å². The maximum atomic E-state index is 14.0. The Bertz CT molecular complexity index is 1940. The molecule has 2 rings (SSSR count). The van der Waals surface area contributed by atoms with Crippen LogP contribution in [0.2, 0.25) is 0 Å². The maximum Gasteiger partial charge on any atom is 1.00 e. The van der Waals surface area contributed by atoms with Crippen LogP contribution in [-0.2, 0) is 65.7 Å². The Balaban J connectivity index is -0.0000207. The summed E-state index contributed by atoms with van der Waals surface area (Å²) in [5.74, 6) is -1.56. The number of nitrogens with one attached hydrogen (secondary N) is 2. The molecule has 0 aromatic heterocycles. The molecule has 0 unspecified atom stereocenters. The molecule has 3 N–H and O–H groups in total. The number of aliphatic hydroxyl groups is 1. The van der Waals surface area contributed by atoms with Crippen molar-refractivity contribution in [2.24, 2.45) is 0 Å². The van der Waals surface area contributed by atoms with Crippen LogP contribution in [0, 0.1) is 0 Å². The molecule has 530 valence electrons. The Kier molecular flexibility index (Phi) is 69.3. The Morgan fingerprint density at radius 2 is 0.915 bits per heavy atom. The van der Waals surface area contributed by atoms with Gasteiger partial charge in [0, 0.05) is 40.3 Å². The molecule has 11 atom stereocenters. The number of rotatable bonds is 60. The minimum absolute atomic E-state index is 0. The van der Waals surface area contributed by atoms with Gasteiger partial charge in [0.1, 0.15) is 48.4 Å². The summed E-state index contributed by atoms with van der Waals surface area (Å²) in [4.78, 5) is 90.5. The van der Waals surface area contributed by atoms with E-state index < -0.39 is 95.2 Å². The molecular formula is C67H124N2Na4O19P2. The number of phosphoric acid groups is 2. The van der Waals surface area contributed by atoms with Crippen molar-refractivity contribution in [3.63, 3.8) is 0 Å². The van der Waals surface area contributed by atoms with Crippen LogP contribution in [0.15, 0.2) is 12.2 Å². The number of ketones is 1. The van der Waals surface area contributed by atoms with Crippen molar-refractivity contribution in [1.82, 2.24) is 10.6 Å².